The number of rotatable bonds is 4. The predicted octanol–water partition coefficient (Wildman–Crippen LogP) is 13.7. The van der Waals surface area contributed by atoms with Gasteiger partial charge >= 0.3 is 0 Å². The number of hydrogen-bond donors (Lipinski definition) is 0. The van der Waals surface area contributed by atoms with Crippen LogP contribution in [0.4, 0.5) is 0 Å². The third kappa shape index (κ3) is 4.40. The van der Waals surface area contributed by atoms with Crippen LogP contribution in [0.5, 0.6) is 0 Å². The van der Waals surface area contributed by atoms with Gasteiger partial charge in [0.15, 0.2) is 0 Å². The van der Waals surface area contributed by atoms with E-state index in [1.54, 1.807) is 18.2 Å². The lowest BCUT2D eigenvalue weighted by Gasteiger charge is -2.18. The first kappa shape index (κ1) is 16.6. The van der Waals surface area contributed by atoms with Crippen molar-refractivity contribution < 1.29 is 25.0 Å². The van der Waals surface area contributed by atoms with Gasteiger partial charge in [-0.15, -0.1) is 0 Å². The molecule has 0 aliphatic carbocycles. The van der Waals surface area contributed by atoms with Gasteiger partial charge in [-0.25, -0.2) is 0 Å². The summed E-state index contributed by atoms with van der Waals surface area (Å²) in [5.41, 5.74) is 3.29. The van der Waals surface area contributed by atoms with Crippen LogP contribution in [0.25, 0.3) is 98.8 Å². The van der Waals surface area contributed by atoms with E-state index in [1.807, 2.05) is 72.8 Å². The Morgan fingerprint density at radius 1 is 0.367 bits per heavy atom. The highest BCUT2D eigenvalue weighted by Gasteiger charge is 2.19. The van der Waals surface area contributed by atoms with Gasteiger partial charge in [-0.05, 0) is 95.7 Å². The summed E-state index contributed by atoms with van der Waals surface area (Å²) < 4.78 is 136. The molecule has 0 aliphatic rings. The topological polar surface area (TPSA) is 13.1 Å². The zero-order valence-electron chi connectivity index (χ0n) is 40.6. The Labute approximate surface area is 305 Å². The Bertz CT molecular complexity index is 3630. The average molecular weight is 638 g/mol. The minimum Gasteiger partial charge on any atom is -0.455 e. The normalized spacial score (nSPS) is 16.0. The molecule has 10 rings (SSSR count). The van der Waals surface area contributed by atoms with Gasteiger partial charge in [-0.1, -0.05) is 157 Å². The van der Waals surface area contributed by atoms with E-state index in [9.17, 15) is 1.37 Å². The molecule has 0 saturated heterocycles. The molecule has 9 aromatic carbocycles. The minimum absolute atomic E-state index is 0.0145. The number of furan rings is 1. The third-order valence-electron chi connectivity index (χ3n) is 9.01. The maximum Gasteiger partial charge on any atom is 0.143 e. The van der Waals surface area contributed by atoms with Crippen molar-refractivity contribution in [2.45, 2.75) is 0 Å². The van der Waals surface area contributed by atoms with Gasteiger partial charge in [-0.3, -0.25) is 0 Å². The summed E-state index contributed by atoms with van der Waals surface area (Å²) in [7, 11) is 0. The molecule has 10 aromatic rings. The molecule has 228 valence electrons. The highest BCUT2D eigenvalue weighted by atomic mass is 16.3. The fourth-order valence-electron chi connectivity index (χ4n) is 6.95. The van der Waals surface area contributed by atoms with Crippen LogP contribution in [-0.4, -0.2) is 0 Å². The van der Waals surface area contributed by atoms with Crippen molar-refractivity contribution >= 4 is 54.3 Å². The summed E-state index contributed by atoms with van der Waals surface area (Å²) in [6.45, 7) is 0. The van der Waals surface area contributed by atoms with E-state index < -0.39 is 72.5 Å². The summed E-state index contributed by atoms with van der Waals surface area (Å²) in [4.78, 5) is 0. The Morgan fingerprint density at radius 2 is 0.918 bits per heavy atom. The average Bonchev–Trinajstić information content (AvgIpc) is 3.69. The molecule has 0 bridgehead atoms. The molecule has 0 spiro atoms. The van der Waals surface area contributed by atoms with Gasteiger partial charge in [-0.2, -0.15) is 0 Å². The van der Waals surface area contributed by atoms with Crippen molar-refractivity contribution in [2.24, 2.45) is 0 Å². The first-order valence-electron chi connectivity index (χ1n) is 23.1. The second kappa shape index (κ2) is 11.1. The lowest BCUT2D eigenvalue weighted by Crippen LogP contribution is -1.91. The Hall–Kier alpha value is -6.44. The maximum absolute atomic E-state index is 9.74. The SMILES string of the molecule is [2H]c1c([2H])c([2H])c(-c2cccc(-c3c4ccccc4c(-c4ccc5oc6c7c([2H])c([2H])c([2H])c([2H])c7c(-c7c([2H])c([2H])c([2H])c([2H])c7[2H])c([2H])c6c5c4)c4ccccc34)c2)c([2H])c1[2H]. The zero-order chi connectivity index (χ0) is 45.4. The van der Waals surface area contributed by atoms with Crippen LogP contribution in [-0.2, 0) is 0 Å². The summed E-state index contributed by atoms with van der Waals surface area (Å²) in [5.74, 6) is 0. The molecule has 1 nitrogen and oxygen atoms in total. The van der Waals surface area contributed by atoms with Crippen LogP contribution < -0.4 is 0 Å². The molecule has 0 atom stereocenters. The molecule has 0 aliphatic heterocycles. The molecule has 0 fully saturated rings. The molecule has 0 radical (unpaired) electrons. The lowest BCUT2D eigenvalue weighted by molar-refractivity contribution is 0.673. The number of fused-ring (bicyclic) bond motifs is 7. The van der Waals surface area contributed by atoms with E-state index in [0.717, 1.165) is 38.2 Å². The van der Waals surface area contributed by atoms with Crippen LogP contribution in [0.3, 0.4) is 0 Å². The van der Waals surface area contributed by atoms with Crippen molar-refractivity contribution in [1.29, 1.82) is 0 Å². The molecule has 0 amide bonds. The maximum atomic E-state index is 9.74. The molecular weight excluding hydrogens is 593 g/mol. The second-order valence-corrected chi connectivity index (χ2v) is 11.7. The highest BCUT2D eigenvalue weighted by Crippen LogP contribution is 2.46. The van der Waals surface area contributed by atoms with E-state index in [1.165, 1.54) is 0 Å². The molecule has 1 heteroatoms. The van der Waals surface area contributed by atoms with Crippen LogP contribution in [0, 0.1) is 0 Å². The number of hydrogen-bond acceptors (Lipinski definition) is 1. The molecule has 1 heterocycles. The van der Waals surface area contributed by atoms with Gasteiger partial charge < -0.3 is 4.42 Å². The fourth-order valence-corrected chi connectivity index (χ4v) is 6.95. The largest absolute Gasteiger partial charge is 0.455 e. The van der Waals surface area contributed by atoms with Crippen LogP contribution in [0.1, 0.15) is 20.6 Å². The first-order chi connectivity index (χ1) is 30.5. The Morgan fingerprint density at radius 3 is 1.57 bits per heavy atom. The van der Waals surface area contributed by atoms with Crippen molar-refractivity contribution in [1.82, 2.24) is 0 Å². The van der Waals surface area contributed by atoms with E-state index in [2.05, 4.69) is 0 Å². The van der Waals surface area contributed by atoms with Gasteiger partial charge in [0, 0.05) is 16.2 Å². The Balaban J connectivity index is 1.28. The Kier molecular flexibility index (Phi) is 3.75. The molecule has 49 heavy (non-hydrogen) atoms. The summed E-state index contributed by atoms with van der Waals surface area (Å²) in [5, 5.41) is 3.59. The molecule has 0 saturated carbocycles. The van der Waals surface area contributed by atoms with Crippen molar-refractivity contribution in [2.75, 3.05) is 0 Å². The number of benzene rings is 9. The van der Waals surface area contributed by atoms with Crippen LogP contribution >= 0.6 is 0 Å². The van der Waals surface area contributed by atoms with Crippen LogP contribution in [0.2, 0.25) is 0 Å². The summed E-state index contributed by atoms with van der Waals surface area (Å²) in [6.07, 6.45) is 0. The standard InChI is InChI=1S/C48H30O/c1-3-14-31(15-4-1)33-18-13-19-34(28-33)46-37-21-8-10-23-39(37)47(40-24-11-9-22-38(40)46)35-26-27-45-43(29-35)44-30-42(32-16-5-2-6-17-32)36-20-7-12-25-41(36)48(44)49-45/h1-30H/i1D,2D,3D,4D,5D,6D,7D,12D,14D,15D,16D,17D,20D,25D,30D. The zero-order valence-corrected chi connectivity index (χ0v) is 25.6. The molecular formula is C48H30O. The van der Waals surface area contributed by atoms with E-state index in [4.69, 9.17) is 23.6 Å². The van der Waals surface area contributed by atoms with Crippen molar-refractivity contribution in [3.8, 4) is 44.5 Å². The van der Waals surface area contributed by atoms with Gasteiger partial charge in [0.2, 0.25) is 0 Å². The summed E-state index contributed by atoms with van der Waals surface area (Å²) in [6, 6.07) is 20.5. The molecule has 0 unspecified atom stereocenters. The van der Waals surface area contributed by atoms with E-state index >= 15 is 0 Å². The second-order valence-electron chi connectivity index (χ2n) is 11.7. The van der Waals surface area contributed by atoms with Gasteiger partial charge in [0.05, 0.1) is 20.6 Å². The molecule has 1 aromatic heterocycles. The lowest BCUT2D eigenvalue weighted by atomic mass is 9.85. The minimum atomic E-state index is -0.660. The highest BCUT2D eigenvalue weighted by molar-refractivity contribution is 6.23. The van der Waals surface area contributed by atoms with Crippen LogP contribution in [0.15, 0.2) is 186 Å². The third-order valence-corrected chi connectivity index (χ3v) is 9.01. The quantitative estimate of drug-likeness (QED) is 0.175. The fraction of sp³-hybridized carbons (Fsp3) is 0. The van der Waals surface area contributed by atoms with E-state index in [0.29, 0.717) is 16.5 Å². The van der Waals surface area contributed by atoms with Gasteiger partial charge in [0.25, 0.3) is 0 Å². The monoisotopic (exact) mass is 637 g/mol. The van der Waals surface area contributed by atoms with E-state index in [-0.39, 0.29) is 62.1 Å². The van der Waals surface area contributed by atoms with Crippen molar-refractivity contribution in [3.05, 3.63) is 182 Å². The van der Waals surface area contributed by atoms with Gasteiger partial charge in [0.1, 0.15) is 11.2 Å². The predicted molar refractivity (Wildman–Crippen MR) is 208 cm³/mol. The smallest absolute Gasteiger partial charge is 0.143 e. The van der Waals surface area contributed by atoms with Crippen molar-refractivity contribution in [3.63, 3.8) is 0 Å². The summed E-state index contributed by atoms with van der Waals surface area (Å²) >= 11 is 0. The molecule has 0 N–H and O–H groups in total. The first-order valence-corrected chi connectivity index (χ1v) is 15.6.